The monoisotopic (exact) mass is 246 g/mol. The minimum Gasteiger partial charge on any atom is -0.384 e. The quantitative estimate of drug-likeness (QED) is 0.865. The zero-order valence-electron chi connectivity index (χ0n) is 12.2. The van der Waals surface area contributed by atoms with Gasteiger partial charge in [-0.1, -0.05) is 20.8 Å². The van der Waals surface area contributed by atoms with Crippen LogP contribution in [0.1, 0.15) is 39.2 Å². The fourth-order valence-electron chi connectivity index (χ4n) is 2.38. The van der Waals surface area contributed by atoms with Crippen LogP contribution in [0.2, 0.25) is 0 Å². The van der Waals surface area contributed by atoms with Crippen LogP contribution in [-0.2, 0) is 0 Å². The smallest absolute Gasteiger partial charge is 0.0371 e. The third kappa shape index (κ3) is 3.41. The van der Waals surface area contributed by atoms with Crippen molar-refractivity contribution in [1.29, 1.82) is 0 Å². The average molecular weight is 246 g/mol. The molecule has 0 amide bonds. The molecule has 0 unspecified atom stereocenters. The van der Waals surface area contributed by atoms with E-state index in [0.717, 1.165) is 6.54 Å². The molecule has 1 aromatic carbocycles. The fourth-order valence-corrected chi connectivity index (χ4v) is 2.38. The van der Waals surface area contributed by atoms with E-state index in [4.69, 9.17) is 0 Å². The molecule has 2 nitrogen and oxygen atoms in total. The Kier molecular flexibility index (Phi) is 3.84. The molecule has 100 valence electrons. The first-order chi connectivity index (χ1) is 8.46. The summed E-state index contributed by atoms with van der Waals surface area (Å²) < 4.78 is 0. The highest BCUT2D eigenvalue weighted by atomic mass is 15.1. The fraction of sp³-hybridized carbons (Fsp3) is 0.625. The van der Waals surface area contributed by atoms with Crippen molar-refractivity contribution in [3.8, 4) is 0 Å². The second-order valence-corrected chi connectivity index (χ2v) is 6.61. The Morgan fingerprint density at radius 3 is 2.39 bits per heavy atom. The van der Waals surface area contributed by atoms with Crippen molar-refractivity contribution >= 4 is 11.4 Å². The predicted octanol–water partition coefficient (Wildman–Crippen LogP) is 4.05. The Labute approximate surface area is 111 Å². The number of hydrogen-bond donors (Lipinski definition) is 1. The van der Waals surface area contributed by atoms with E-state index >= 15 is 0 Å². The van der Waals surface area contributed by atoms with Gasteiger partial charge < -0.3 is 10.2 Å². The Morgan fingerprint density at radius 1 is 1.17 bits per heavy atom. The summed E-state index contributed by atoms with van der Waals surface area (Å²) in [4.78, 5) is 2.49. The van der Waals surface area contributed by atoms with Gasteiger partial charge in [0.2, 0.25) is 0 Å². The lowest BCUT2D eigenvalue weighted by molar-refractivity contribution is 0.443. The molecule has 0 bridgehead atoms. The van der Waals surface area contributed by atoms with Crippen LogP contribution in [0.25, 0.3) is 0 Å². The zero-order chi connectivity index (χ0) is 13.2. The van der Waals surface area contributed by atoms with Crippen molar-refractivity contribution in [3.05, 3.63) is 23.8 Å². The third-order valence-corrected chi connectivity index (χ3v) is 3.49. The summed E-state index contributed by atoms with van der Waals surface area (Å²) >= 11 is 0. The van der Waals surface area contributed by atoms with Crippen LogP contribution < -0.4 is 10.2 Å². The van der Waals surface area contributed by atoms with Crippen LogP contribution in [-0.4, -0.2) is 19.6 Å². The van der Waals surface area contributed by atoms with E-state index < -0.39 is 0 Å². The summed E-state index contributed by atoms with van der Waals surface area (Å²) in [6, 6.07) is 6.80. The van der Waals surface area contributed by atoms with Crippen LogP contribution in [0, 0.1) is 12.3 Å². The first-order valence-electron chi connectivity index (χ1n) is 7.05. The molecule has 0 radical (unpaired) electrons. The maximum atomic E-state index is 3.55. The van der Waals surface area contributed by atoms with Crippen LogP contribution in [0.3, 0.4) is 0 Å². The summed E-state index contributed by atoms with van der Waals surface area (Å²) in [7, 11) is 0. The van der Waals surface area contributed by atoms with Crippen LogP contribution in [0.5, 0.6) is 0 Å². The molecular weight excluding hydrogens is 220 g/mol. The first kappa shape index (κ1) is 13.3. The van der Waals surface area contributed by atoms with Crippen molar-refractivity contribution in [3.63, 3.8) is 0 Å². The van der Waals surface area contributed by atoms with E-state index in [9.17, 15) is 0 Å². The van der Waals surface area contributed by atoms with Gasteiger partial charge in [-0.2, -0.15) is 0 Å². The highest BCUT2D eigenvalue weighted by Crippen LogP contribution is 2.26. The highest BCUT2D eigenvalue weighted by molar-refractivity contribution is 5.60. The molecule has 0 saturated carbocycles. The zero-order valence-corrected chi connectivity index (χ0v) is 12.2. The van der Waals surface area contributed by atoms with Gasteiger partial charge >= 0.3 is 0 Å². The predicted molar refractivity (Wildman–Crippen MR) is 80.6 cm³/mol. The summed E-state index contributed by atoms with van der Waals surface area (Å²) in [6.45, 7) is 12.4. The molecule has 1 N–H and O–H groups in total. The second-order valence-electron chi connectivity index (χ2n) is 6.61. The Bertz CT molecular complexity index is 398. The molecule has 0 aliphatic carbocycles. The summed E-state index contributed by atoms with van der Waals surface area (Å²) in [5, 5.41) is 3.55. The van der Waals surface area contributed by atoms with E-state index in [0.29, 0.717) is 5.41 Å². The van der Waals surface area contributed by atoms with Gasteiger partial charge in [0.05, 0.1) is 0 Å². The lowest BCUT2D eigenvalue weighted by Gasteiger charge is -2.22. The van der Waals surface area contributed by atoms with Gasteiger partial charge in [0.25, 0.3) is 0 Å². The molecule has 2 heteroatoms. The highest BCUT2D eigenvalue weighted by Gasteiger charge is 2.14. The molecule has 1 aliphatic heterocycles. The average Bonchev–Trinajstić information content (AvgIpc) is 2.79. The molecule has 18 heavy (non-hydrogen) atoms. The van der Waals surface area contributed by atoms with E-state index in [1.165, 1.54) is 42.9 Å². The number of hydrogen-bond acceptors (Lipinski definition) is 2. The van der Waals surface area contributed by atoms with Gasteiger partial charge in [0, 0.05) is 31.0 Å². The maximum absolute atomic E-state index is 3.55. The molecular formula is C16H26N2. The lowest BCUT2D eigenvalue weighted by Crippen LogP contribution is -2.20. The number of nitrogens with one attached hydrogen (secondary N) is 1. The van der Waals surface area contributed by atoms with Crippen molar-refractivity contribution in [2.75, 3.05) is 29.9 Å². The van der Waals surface area contributed by atoms with Gasteiger partial charge in [-0.3, -0.25) is 0 Å². The number of aryl methyl sites for hydroxylation is 1. The topological polar surface area (TPSA) is 15.3 Å². The Morgan fingerprint density at radius 2 is 1.83 bits per heavy atom. The largest absolute Gasteiger partial charge is 0.384 e. The minimum absolute atomic E-state index is 0.320. The van der Waals surface area contributed by atoms with Crippen molar-refractivity contribution < 1.29 is 0 Å². The van der Waals surface area contributed by atoms with Gasteiger partial charge in [0.1, 0.15) is 0 Å². The van der Waals surface area contributed by atoms with Crippen molar-refractivity contribution in [2.45, 2.75) is 40.5 Å². The molecule has 1 heterocycles. The Hall–Kier alpha value is -1.18. The van der Waals surface area contributed by atoms with E-state index in [2.05, 4.69) is 56.1 Å². The molecule has 2 rings (SSSR count). The number of anilines is 2. The second kappa shape index (κ2) is 5.21. The van der Waals surface area contributed by atoms with Crippen molar-refractivity contribution in [2.24, 2.45) is 5.41 Å². The molecule has 1 aromatic rings. The maximum Gasteiger partial charge on any atom is 0.0371 e. The minimum atomic E-state index is 0.320. The standard InChI is InChI=1S/C16H26N2/c1-13-11-14(18-9-5-6-10-18)7-8-15(13)17-12-16(2,3)4/h7-8,11,17H,5-6,9-10,12H2,1-4H3. The number of benzene rings is 1. The molecule has 1 aliphatic rings. The van der Waals surface area contributed by atoms with E-state index in [-0.39, 0.29) is 0 Å². The van der Waals surface area contributed by atoms with Gasteiger partial charge in [-0.05, 0) is 48.9 Å². The SMILES string of the molecule is Cc1cc(N2CCCC2)ccc1NCC(C)(C)C. The van der Waals surface area contributed by atoms with Gasteiger partial charge in [-0.15, -0.1) is 0 Å². The first-order valence-corrected chi connectivity index (χ1v) is 7.05. The summed E-state index contributed by atoms with van der Waals surface area (Å²) in [6.07, 6.45) is 2.67. The molecule has 0 spiro atoms. The molecule has 0 aromatic heterocycles. The number of nitrogens with zero attached hydrogens (tertiary/aromatic N) is 1. The molecule has 0 atom stereocenters. The summed E-state index contributed by atoms with van der Waals surface area (Å²) in [5.74, 6) is 0. The lowest BCUT2D eigenvalue weighted by atomic mass is 9.96. The van der Waals surface area contributed by atoms with E-state index in [1.54, 1.807) is 0 Å². The van der Waals surface area contributed by atoms with Gasteiger partial charge in [-0.25, -0.2) is 0 Å². The molecule has 1 saturated heterocycles. The van der Waals surface area contributed by atoms with E-state index in [1.807, 2.05) is 0 Å². The normalized spacial score (nSPS) is 16.1. The molecule has 1 fully saturated rings. The third-order valence-electron chi connectivity index (χ3n) is 3.49. The Balaban J connectivity index is 2.05. The van der Waals surface area contributed by atoms with Crippen molar-refractivity contribution in [1.82, 2.24) is 0 Å². The number of rotatable bonds is 3. The van der Waals surface area contributed by atoms with Crippen LogP contribution in [0.15, 0.2) is 18.2 Å². The van der Waals surface area contributed by atoms with Crippen LogP contribution in [0.4, 0.5) is 11.4 Å². The van der Waals surface area contributed by atoms with Gasteiger partial charge in [0.15, 0.2) is 0 Å². The van der Waals surface area contributed by atoms with Crippen LogP contribution >= 0.6 is 0 Å². The summed E-state index contributed by atoms with van der Waals surface area (Å²) in [5.41, 5.74) is 4.32.